The monoisotopic (exact) mass is 247 g/mol. The lowest BCUT2D eigenvalue weighted by molar-refractivity contribution is -0.122. The number of benzene rings is 1. The lowest BCUT2D eigenvalue weighted by Gasteiger charge is -2.11. The maximum absolute atomic E-state index is 11.7. The Bertz CT molecular complexity index is 412. The Balaban J connectivity index is 2.62. The number of carbonyl (C=O) groups is 1. The number of amides is 1. The molecule has 0 heterocycles. The molecule has 0 aliphatic rings. The molecule has 1 unspecified atom stereocenters. The van der Waals surface area contributed by atoms with Gasteiger partial charge in [0, 0.05) is 12.1 Å². The number of hydrogen-bond donors (Lipinski definition) is 2. The predicted octanol–water partition coefficient (Wildman–Crippen LogP) is 1.55. The summed E-state index contributed by atoms with van der Waals surface area (Å²) in [5.41, 5.74) is 6.69. The molecule has 0 aliphatic carbocycles. The van der Waals surface area contributed by atoms with E-state index in [-0.39, 0.29) is 5.91 Å². The zero-order valence-electron chi connectivity index (χ0n) is 11.2. The van der Waals surface area contributed by atoms with Gasteiger partial charge in [0.1, 0.15) is 11.9 Å². The van der Waals surface area contributed by atoms with E-state index in [2.05, 4.69) is 10.3 Å². The molecule has 0 aliphatic heterocycles. The molecule has 0 fully saturated rings. The molecule has 3 N–H and O–H groups in total. The van der Waals surface area contributed by atoms with Gasteiger partial charge in [-0.25, -0.2) is 0 Å². The largest absolute Gasteiger partial charge is 0.383 e. The first-order chi connectivity index (χ1) is 8.50. The summed E-state index contributed by atoms with van der Waals surface area (Å²) in [6.45, 7) is 6.49. The fourth-order valence-electron chi connectivity index (χ4n) is 1.40. The van der Waals surface area contributed by atoms with Crippen molar-refractivity contribution >= 4 is 11.7 Å². The van der Waals surface area contributed by atoms with Gasteiger partial charge in [-0.05, 0) is 12.8 Å². The highest BCUT2D eigenvalue weighted by atomic mass is 16.2. The van der Waals surface area contributed by atoms with Crippen LogP contribution in [-0.4, -0.2) is 24.3 Å². The molecule has 1 aromatic carbocycles. The van der Waals surface area contributed by atoms with E-state index in [0.717, 1.165) is 5.56 Å². The zero-order chi connectivity index (χ0) is 13.5. The Hall–Kier alpha value is -1.84. The van der Waals surface area contributed by atoms with E-state index in [1.807, 2.05) is 44.2 Å². The predicted molar refractivity (Wildman–Crippen MR) is 74.5 cm³/mol. The summed E-state index contributed by atoms with van der Waals surface area (Å²) in [6.07, 6.45) is 0. The topological polar surface area (TPSA) is 67.5 Å². The van der Waals surface area contributed by atoms with Gasteiger partial charge in [-0.3, -0.25) is 9.79 Å². The molecule has 0 radical (unpaired) electrons. The second-order valence-corrected chi connectivity index (χ2v) is 4.70. The Morgan fingerprint density at radius 2 is 1.89 bits per heavy atom. The van der Waals surface area contributed by atoms with Gasteiger partial charge in [0.05, 0.1) is 0 Å². The van der Waals surface area contributed by atoms with Gasteiger partial charge in [-0.1, -0.05) is 44.2 Å². The molecule has 0 saturated carbocycles. The highest BCUT2D eigenvalue weighted by Gasteiger charge is 2.12. The number of rotatable bonds is 5. The number of hydrogen-bond acceptors (Lipinski definition) is 2. The van der Waals surface area contributed by atoms with Crippen LogP contribution >= 0.6 is 0 Å². The molecule has 98 valence electrons. The summed E-state index contributed by atoms with van der Waals surface area (Å²) in [5, 5.41) is 2.84. The van der Waals surface area contributed by atoms with Crippen molar-refractivity contribution in [3.8, 4) is 0 Å². The SMILES string of the molecule is CC(C)CNC(=O)C(C)N=C(N)c1ccccc1. The van der Waals surface area contributed by atoms with Gasteiger partial charge in [-0.2, -0.15) is 0 Å². The van der Waals surface area contributed by atoms with Crippen LogP contribution in [0.5, 0.6) is 0 Å². The van der Waals surface area contributed by atoms with Crippen molar-refractivity contribution in [2.45, 2.75) is 26.8 Å². The average Bonchev–Trinajstić information content (AvgIpc) is 2.36. The van der Waals surface area contributed by atoms with E-state index in [1.54, 1.807) is 6.92 Å². The van der Waals surface area contributed by atoms with Gasteiger partial charge in [0.2, 0.25) is 5.91 Å². The van der Waals surface area contributed by atoms with Crippen LogP contribution < -0.4 is 11.1 Å². The van der Waals surface area contributed by atoms with Crippen molar-refractivity contribution in [3.63, 3.8) is 0 Å². The molecule has 0 spiro atoms. The number of nitrogens with two attached hydrogens (primary N) is 1. The number of carbonyl (C=O) groups excluding carboxylic acids is 1. The summed E-state index contributed by atoms with van der Waals surface area (Å²) in [7, 11) is 0. The highest BCUT2D eigenvalue weighted by molar-refractivity contribution is 5.99. The van der Waals surface area contributed by atoms with Crippen molar-refractivity contribution in [1.29, 1.82) is 0 Å². The van der Waals surface area contributed by atoms with Crippen LogP contribution in [0.15, 0.2) is 35.3 Å². The smallest absolute Gasteiger partial charge is 0.244 e. The minimum atomic E-state index is -0.469. The lowest BCUT2D eigenvalue weighted by Crippen LogP contribution is -2.35. The number of aliphatic imine (C=N–C) groups is 1. The van der Waals surface area contributed by atoms with Gasteiger partial charge in [-0.15, -0.1) is 0 Å². The van der Waals surface area contributed by atoms with Crippen LogP contribution in [0.3, 0.4) is 0 Å². The van der Waals surface area contributed by atoms with Crippen LogP contribution in [0.2, 0.25) is 0 Å². The van der Waals surface area contributed by atoms with Crippen molar-refractivity contribution in [2.24, 2.45) is 16.6 Å². The van der Waals surface area contributed by atoms with Gasteiger partial charge < -0.3 is 11.1 Å². The first kappa shape index (κ1) is 14.2. The fourth-order valence-corrected chi connectivity index (χ4v) is 1.40. The Morgan fingerprint density at radius 1 is 1.28 bits per heavy atom. The molecule has 18 heavy (non-hydrogen) atoms. The number of nitrogens with one attached hydrogen (secondary N) is 1. The van der Waals surface area contributed by atoms with E-state index >= 15 is 0 Å². The molecule has 0 saturated heterocycles. The molecule has 1 amide bonds. The van der Waals surface area contributed by atoms with Crippen LogP contribution in [0.25, 0.3) is 0 Å². The third-order valence-electron chi connectivity index (χ3n) is 2.47. The molecule has 1 atom stereocenters. The summed E-state index contributed by atoms with van der Waals surface area (Å²) in [5.74, 6) is 0.724. The van der Waals surface area contributed by atoms with Gasteiger partial charge in [0.25, 0.3) is 0 Å². The fraction of sp³-hybridized carbons (Fsp3) is 0.429. The Labute approximate surface area is 108 Å². The highest BCUT2D eigenvalue weighted by Crippen LogP contribution is 2.00. The minimum absolute atomic E-state index is 0.0948. The van der Waals surface area contributed by atoms with Crippen molar-refractivity contribution in [3.05, 3.63) is 35.9 Å². The summed E-state index contributed by atoms with van der Waals surface area (Å²) >= 11 is 0. The lowest BCUT2D eigenvalue weighted by atomic mass is 10.2. The quantitative estimate of drug-likeness (QED) is 0.612. The molecule has 0 aromatic heterocycles. The van der Waals surface area contributed by atoms with E-state index in [0.29, 0.717) is 18.3 Å². The van der Waals surface area contributed by atoms with E-state index in [4.69, 9.17) is 5.73 Å². The van der Waals surface area contributed by atoms with Crippen LogP contribution in [0.4, 0.5) is 0 Å². The van der Waals surface area contributed by atoms with Crippen LogP contribution in [-0.2, 0) is 4.79 Å². The molecule has 1 aromatic rings. The van der Waals surface area contributed by atoms with Crippen LogP contribution in [0.1, 0.15) is 26.3 Å². The van der Waals surface area contributed by atoms with E-state index in [9.17, 15) is 4.79 Å². The second-order valence-electron chi connectivity index (χ2n) is 4.70. The standard InChI is InChI=1S/C14H21N3O/c1-10(2)9-16-14(18)11(3)17-13(15)12-7-5-4-6-8-12/h4-8,10-11H,9H2,1-3H3,(H2,15,17)(H,16,18). The second kappa shape index (κ2) is 6.79. The zero-order valence-corrected chi connectivity index (χ0v) is 11.2. The Kier molecular flexibility index (Phi) is 5.36. The van der Waals surface area contributed by atoms with Gasteiger partial charge in [0.15, 0.2) is 0 Å². The third-order valence-corrected chi connectivity index (χ3v) is 2.47. The first-order valence-corrected chi connectivity index (χ1v) is 6.17. The van der Waals surface area contributed by atoms with E-state index in [1.165, 1.54) is 0 Å². The average molecular weight is 247 g/mol. The maximum Gasteiger partial charge on any atom is 0.244 e. The third kappa shape index (κ3) is 4.57. The first-order valence-electron chi connectivity index (χ1n) is 6.17. The van der Waals surface area contributed by atoms with E-state index < -0.39 is 6.04 Å². The molecular weight excluding hydrogens is 226 g/mol. The molecule has 4 nitrogen and oxygen atoms in total. The Morgan fingerprint density at radius 3 is 2.44 bits per heavy atom. The summed E-state index contributed by atoms with van der Waals surface area (Å²) in [4.78, 5) is 15.9. The van der Waals surface area contributed by atoms with Gasteiger partial charge >= 0.3 is 0 Å². The molecule has 4 heteroatoms. The van der Waals surface area contributed by atoms with Crippen molar-refractivity contribution in [1.82, 2.24) is 5.32 Å². The van der Waals surface area contributed by atoms with Crippen molar-refractivity contribution < 1.29 is 4.79 Å². The van der Waals surface area contributed by atoms with Crippen LogP contribution in [0, 0.1) is 5.92 Å². The summed E-state index contributed by atoms with van der Waals surface area (Å²) in [6, 6.07) is 8.97. The minimum Gasteiger partial charge on any atom is -0.383 e. The normalized spacial score (nSPS) is 13.4. The summed E-state index contributed by atoms with van der Waals surface area (Å²) < 4.78 is 0. The van der Waals surface area contributed by atoms with Crippen molar-refractivity contribution in [2.75, 3.05) is 6.54 Å². The molecular formula is C14H21N3O. The maximum atomic E-state index is 11.7. The number of nitrogens with zero attached hydrogens (tertiary/aromatic N) is 1. The number of amidine groups is 1. The molecule has 1 rings (SSSR count). The molecule has 0 bridgehead atoms.